The van der Waals surface area contributed by atoms with Crippen molar-refractivity contribution in [1.29, 1.82) is 0 Å². The molecule has 0 spiro atoms. The zero-order chi connectivity index (χ0) is 29.6. The molecule has 0 saturated heterocycles. The summed E-state index contributed by atoms with van der Waals surface area (Å²) in [6.45, 7) is 9.07. The zero-order valence-electron chi connectivity index (χ0n) is 22.6. The van der Waals surface area contributed by atoms with Crippen molar-refractivity contribution in [3.05, 3.63) is 107 Å². The number of halogens is 3. The van der Waals surface area contributed by atoms with Gasteiger partial charge in [-0.25, -0.2) is 10.8 Å². The molecule has 0 atom stereocenters. The third kappa shape index (κ3) is 7.85. The Bertz CT molecular complexity index is 1490. The van der Waals surface area contributed by atoms with Gasteiger partial charge in [0.15, 0.2) is 0 Å². The number of hydrazine groups is 1. The molecule has 1 aromatic heterocycles. The number of hydrazone groups is 1. The zero-order valence-corrected chi connectivity index (χ0v) is 22.6. The Morgan fingerprint density at radius 2 is 2.02 bits per heavy atom. The highest BCUT2D eigenvalue weighted by molar-refractivity contribution is 6.06. The summed E-state index contributed by atoms with van der Waals surface area (Å²) in [5, 5.41) is 9.59. The lowest BCUT2D eigenvalue weighted by Crippen LogP contribution is -2.27. The highest BCUT2D eigenvalue weighted by Gasteiger charge is 2.31. The fourth-order valence-electron chi connectivity index (χ4n) is 3.47. The van der Waals surface area contributed by atoms with Crippen molar-refractivity contribution in [2.75, 3.05) is 12.4 Å². The quantitative estimate of drug-likeness (QED) is 0.177. The number of hydrogen-bond donors (Lipinski definition) is 3. The molecule has 5 N–H and O–H groups in total. The first-order chi connectivity index (χ1) is 18.7. The number of hydrogen-bond acceptors (Lipinski definition) is 7. The van der Waals surface area contributed by atoms with Gasteiger partial charge >= 0.3 is 6.18 Å². The number of carbonyl (C=O) groups excluding carboxylic acids is 1. The van der Waals surface area contributed by atoms with E-state index >= 15 is 0 Å². The van der Waals surface area contributed by atoms with Gasteiger partial charge in [-0.05, 0) is 57.2 Å². The van der Waals surface area contributed by atoms with E-state index in [0.717, 1.165) is 17.8 Å². The van der Waals surface area contributed by atoms with Crippen LogP contribution >= 0.6 is 0 Å². The summed E-state index contributed by atoms with van der Waals surface area (Å²) in [6, 6.07) is 3.29. The van der Waals surface area contributed by atoms with Crippen LogP contribution in [0.15, 0.2) is 101 Å². The van der Waals surface area contributed by atoms with Crippen LogP contribution < -0.4 is 16.9 Å². The number of aromatic nitrogens is 2. The molecule has 2 aromatic rings. The number of benzene rings is 1. The summed E-state index contributed by atoms with van der Waals surface area (Å²) >= 11 is 0. The minimum atomic E-state index is -4.62. The molecule has 0 unspecified atom stereocenters. The third-order valence-electron chi connectivity index (χ3n) is 5.73. The first kappa shape index (κ1) is 29.8. The van der Waals surface area contributed by atoms with Gasteiger partial charge in [0, 0.05) is 66.0 Å². The van der Waals surface area contributed by atoms with Crippen molar-refractivity contribution in [2.45, 2.75) is 33.4 Å². The summed E-state index contributed by atoms with van der Waals surface area (Å²) in [6.07, 6.45) is 6.27. The molecule has 0 aliphatic heterocycles. The first-order valence-electron chi connectivity index (χ1n) is 12.1. The van der Waals surface area contributed by atoms with Gasteiger partial charge in [0.25, 0.3) is 5.91 Å². The van der Waals surface area contributed by atoms with E-state index in [1.54, 1.807) is 38.3 Å². The molecule has 1 amide bonds. The van der Waals surface area contributed by atoms with Gasteiger partial charge in [-0.15, -0.1) is 5.73 Å². The molecule has 40 heavy (non-hydrogen) atoms. The maximum Gasteiger partial charge on any atom is 0.416 e. The highest BCUT2D eigenvalue weighted by Crippen LogP contribution is 2.33. The van der Waals surface area contributed by atoms with Gasteiger partial charge in [-0.3, -0.25) is 14.8 Å². The minimum Gasteiger partial charge on any atom is -0.401 e. The van der Waals surface area contributed by atoms with Gasteiger partial charge in [-0.2, -0.15) is 18.3 Å². The van der Waals surface area contributed by atoms with E-state index in [-0.39, 0.29) is 16.9 Å². The van der Waals surface area contributed by atoms with Crippen molar-refractivity contribution in [2.24, 2.45) is 16.7 Å². The van der Waals surface area contributed by atoms with Crippen LogP contribution in [0.4, 0.5) is 18.9 Å². The Morgan fingerprint density at radius 1 is 1.30 bits per heavy atom. The molecule has 1 aliphatic carbocycles. The van der Waals surface area contributed by atoms with Crippen molar-refractivity contribution in [3.8, 4) is 5.69 Å². The molecule has 0 fully saturated rings. The Morgan fingerprint density at radius 3 is 2.65 bits per heavy atom. The Labute approximate surface area is 230 Å². The second-order valence-electron chi connectivity index (χ2n) is 9.10. The van der Waals surface area contributed by atoms with Crippen LogP contribution in [0.2, 0.25) is 0 Å². The second kappa shape index (κ2) is 12.4. The van der Waals surface area contributed by atoms with Crippen LogP contribution in [0.5, 0.6) is 0 Å². The van der Waals surface area contributed by atoms with Gasteiger partial charge < -0.3 is 15.6 Å². The fourth-order valence-corrected chi connectivity index (χ4v) is 3.47. The van der Waals surface area contributed by atoms with Crippen LogP contribution in [-0.4, -0.2) is 38.7 Å². The average Bonchev–Trinajstić information content (AvgIpc) is 3.20. The molecule has 1 aliphatic rings. The topological polar surface area (TPSA) is 118 Å². The summed E-state index contributed by atoms with van der Waals surface area (Å²) in [4.78, 5) is 17.2. The highest BCUT2D eigenvalue weighted by atomic mass is 19.4. The number of nitrogens with zero attached hydrogens (tertiary/aromatic N) is 5. The van der Waals surface area contributed by atoms with E-state index in [1.807, 2.05) is 6.92 Å². The number of nitrogens with one attached hydrogen (secondary N) is 1. The van der Waals surface area contributed by atoms with Crippen LogP contribution in [0.1, 0.15) is 31.5 Å². The smallest absolute Gasteiger partial charge is 0.401 e. The largest absolute Gasteiger partial charge is 0.416 e. The van der Waals surface area contributed by atoms with E-state index in [1.165, 1.54) is 46.4 Å². The van der Waals surface area contributed by atoms with Crippen molar-refractivity contribution in [1.82, 2.24) is 19.6 Å². The maximum absolute atomic E-state index is 13.6. The van der Waals surface area contributed by atoms with Crippen molar-refractivity contribution < 1.29 is 18.0 Å². The Balaban J connectivity index is 1.85. The van der Waals surface area contributed by atoms with Crippen LogP contribution in [-0.2, 0) is 11.0 Å². The molecule has 210 valence electrons. The van der Waals surface area contributed by atoms with Crippen LogP contribution in [0.25, 0.3) is 5.69 Å². The number of allylic oxidation sites excluding steroid dienone is 4. The summed E-state index contributed by atoms with van der Waals surface area (Å²) < 4.78 is 42.3. The Hall–Kier alpha value is -4.80. The number of nitrogens with two attached hydrogens (primary N) is 2. The molecule has 0 saturated carbocycles. The lowest BCUT2D eigenvalue weighted by molar-refractivity contribution is -0.137. The predicted molar refractivity (Wildman–Crippen MR) is 149 cm³/mol. The van der Waals surface area contributed by atoms with Crippen LogP contribution in [0.3, 0.4) is 0 Å². The number of rotatable bonds is 9. The lowest BCUT2D eigenvalue weighted by atomic mass is 10.1. The van der Waals surface area contributed by atoms with Gasteiger partial charge in [0.05, 0.1) is 23.3 Å². The lowest BCUT2D eigenvalue weighted by Gasteiger charge is -2.19. The molecule has 3 rings (SSSR count). The summed E-state index contributed by atoms with van der Waals surface area (Å²) in [5.74, 6) is 5.59. The number of alkyl halides is 3. The van der Waals surface area contributed by atoms with Crippen molar-refractivity contribution >= 4 is 17.8 Å². The van der Waals surface area contributed by atoms with E-state index in [9.17, 15) is 18.0 Å². The normalized spacial score (nSPS) is 13.9. The molecular weight excluding hydrogens is 521 g/mol. The monoisotopic (exact) mass is 552 g/mol. The predicted octanol–water partition coefficient (Wildman–Crippen LogP) is 4.88. The number of carbonyl (C=O) groups is 1. The number of amides is 1. The average molecular weight is 553 g/mol. The van der Waals surface area contributed by atoms with Gasteiger partial charge in [0.2, 0.25) is 0 Å². The molecule has 1 heterocycles. The molecule has 1 aromatic carbocycles. The fraction of sp³-hybridized carbons (Fsp3) is 0.214. The molecular formula is C28H31F3N8O. The number of anilines is 1. The SMILES string of the molecule is C=C(C)N(C)/N=C\C/C(N)=C/N(N)C1=CC(C(=O)Nc2cc(-n3cnc(C)c3)cc(C(F)(F)F)c2)=CC=C=C1C. The Kier molecular flexibility index (Phi) is 9.20. The molecule has 0 radical (unpaired) electrons. The summed E-state index contributed by atoms with van der Waals surface area (Å²) in [7, 11) is 1.75. The minimum absolute atomic E-state index is 0.0392. The molecule has 12 heteroatoms. The second-order valence-corrected chi connectivity index (χ2v) is 9.10. The number of imidazole rings is 1. The maximum atomic E-state index is 13.6. The van der Waals surface area contributed by atoms with Gasteiger partial charge in [-0.1, -0.05) is 6.58 Å². The molecule has 9 nitrogen and oxygen atoms in total. The third-order valence-corrected chi connectivity index (χ3v) is 5.73. The van der Waals surface area contributed by atoms with Gasteiger partial charge in [0.1, 0.15) is 0 Å². The van der Waals surface area contributed by atoms with Crippen molar-refractivity contribution in [3.63, 3.8) is 0 Å². The van der Waals surface area contributed by atoms with E-state index in [0.29, 0.717) is 29.1 Å². The first-order valence-corrected chi connectivity index (χ1v) is 12.1. The number of aryl methyl sites for hydroxylation is 1. The van der Waals surface area contributed by atoms with E-state index in [2.05, 4.69) is 27.7 Å². The van der Waals surface area contributed by atoms with Crippen LogP contribution in [0, 0.1) is 6.92 Å². The standard InChI is InChI=1S/C28H31F3N8O/c1-18(2)37(5)35-10-9-23(32)16-39(33)26-11-21(8-6-7-19(26)3)27(40)36-24-12-22(28(29,30)31)13-25(14-24)38-15-20(4)34-17-38/h6,8,10-17H,1,9,32-33H2,2-5H3,(H,36,40)/b23-16-,35-10-. The van der Waals surface area contributed by atoms with E-state index < -0.39 is 17.6 Å². The molecule has 0 bridgehead atoms. The van der Waals surface area contributed by atoms with E-state index in [4.69, 9.17) is 11.6 Å². The summed E-state index contributed by atoms with van der Waals surface area (Å²) in [5.41, 5.74) is 11.3.